The fourth-order valence-electron chi connectivity index (χ4n) is 1.92. The standard InChI is InChI=1S/C11H17N3/c1-8-5-14(6-8)7-11-9(2)10(12)3-4-13-11/h3-4,8H,5-7H2,1-2H3,(H2,12,13). The van der Waals surface area contributed by atoms with Crippen molar-refractivity contribution in [2.24, 2.45) is 5.92 Å². The van der Waals surface area contributed by atoms with Crippen LogP contribution in [0.4, 0.5) is 5.69 Å². The van der Waals surface area contributed by atoms with Gasteiger partial charge in [0.2, 0.25) is 0 Å². The smallest absolute Gasteiger partial charge is 0.0593 e. The third-order valence-electron chi connectivity index (χ3n) is 2.86. The summed E-state index contributed by atoms with van der Waals surface area (Å²) in [6.45, 7) is 7.64. The highest BCUT2D eigenvalue weighted by Crippen LogP contribution is 2.20. The highest BCUT2D eigenvalue weighted by Gasteiger charge is 2.23. The van der Waals surface area contributed by atoms with Crippen molar-refractivity contribution in [2.75, 3.05) is 18.8 Å². The van der Waals surface area contributed by atoms with Crippen LogP contribution in [0.1, 0.15) is 18.2 Å². The van der Waals surface area contributed by atoms with Crippen molar-refractivity contribution in [1.82, 2.24) is 9.88 Å². The largest absolute Gasteiger partial charge is 0.398 e. The number of nitrogen functional groups attached to an aromatic ring is 1. The zero-order chi connectivity index (χ0) is 10.1. The van der Waals surface area contributed by atoms with Gasteiger partial charge in [0, 0.05) is 31.5 Å². The molecule has 2 heterocycles. The third kappa shape index (κ3) is 1.73. The van der Waals surface area contributed by atoms with Crippen molar-refractivity contribution in [3.8, 4) is 0 Å². The van der Waals surface area contributed by atoms with Crippen LogP contribution in [-0.4, -0.2) is 23.0 Å². The molecule has 1 aromatic heterocycles. The van der Waals surface area contributed by atoms with Crippen LogP contribution >= 0.6 is 0 Å². The van der Waals surface area contributed by atoms with E-state index in [0.717, 1.165) is 29.4 Å². The summed E-state index contributed by atoms with van der Waals surface area (Å²) in [5.74, 6) is 0.844. The Labute approximate surface area is 84.9 Å². The first-order valence-corrected chi connectivity index (χ1v) is 5.09. The average molecular weight is 191 g/mol. The molecule has 3 heteroatoms. The molecule has 2 rings (SSSR count). The van der Waals surface area contributed by atoms with Crippen molar-refractivity contribution < 1.29 is 0 Å². The minimum atomic E-state index is 0.844. The van der Waals surface area contributed by atoms with Gasteiger partial charge in [-0.1, -0.05) is 6.92 Å². The second-order valence-electron chi connectivity index (χ2n) is 4.27. The molecule has 1 fully saturated rings. The molecule has 1 aliphatic rings. The predicted molar refractivity (Wildman–Crippen MR) is 57.8 cm³/mol. The molecule has 1 saturated heterocycles. The number of likely N-dealkylation sites (tertiary alicyclic amines) is 1. The van der Waals surface area contributed by atoms with Gasteiger partial charge in [0.05, 0.1) is 5.69 Å². The van der Waals surface area contributed by atoms with Crippen LogP contribution in [-0.2, 0) is 6.54 Å². The monoisotopic (exact) mass is 191 g/mol. The van der Waals surface area contributed by atoms with E-state index in [1.54, 1.807) is 6.20 Å². The second kappa shape index (κ2) is 3.58. The van der Waals surface area contributed by atoms with E-state index in [0.29, 0.717) is 0 Å². The lowest BCUT2D eigenvalue weighted by Gasteiger charge is -2.37. The van der Waals surface area contributed by atoms with Gasteiger partial charge in [0.15, 0.2) is 0 Å². The molecule has 14 heavy (non-hydrogen) atoms. The maximum absolute atomic E-state index is 5.82. The van der Waals surface area contributed by atoms with Gasteiger partial charge in [-0.2, -0.15) is 0 Å². The second-order valence-corrected chi connectivity index (χ2v) is 4.27. The Kier molecular flexibility index (Phi) is 2.42. The van der Waals surface area contributed by atoms with Crippen molar-refractivity contribution in [2.45, 2.75) is 20.4 Å². The van der Waals surface area contributed by atoms with Crippen LogP contribution in [0.3, 0.4) is 0 Å². The number of anilines is 1. The van der Waals surface area contributed by atoms with Crippen molar-refractivity contribution in [3.63, 3.8) is 0 Å². The van der Waals surface area contributed by atoms with Crippen LogP contribution in [0.5, 0.6) is 0 Å². The molecule has 0 atom stereocenters. The van der Waals surface area contributed by atoms with Crippen molar-refractivity contribution >= 4 is 5.69 Å². The van der Waals surface area contributed by atoms with Gasteiger partial charge in [0.25, 0.3) is 0 Å². The number of nitrogens with two attached hydrogens (primary N) is 1. The Morgan fingerprint density at radius 1 is 1.57 bits per heavy atom. The minimum absolute atomic E-state index is 0.844. The molecule has 1 aliphatic heterocycles. The Hall–Kier alpha value is -1.09. The quantitative estimate of drug-likeness (QED) is 0.768. The summed E-state index contributed by atoms with van der Waals surface area (Å²) in [5, 5.41) is 0. The van der Waals surface area contributed by atoms with E-state index >= 15 is 0 Å². The lowest BCUT2D eigenvalue weighted by Crippen LogP contribution is -2.44. The molecule has 0 spiro atoms. The predicted octanol–water partition coefficient (Wildman–Crippen LogP) is 1.42. The number of aromatic nitrogens is 1. The first kappa shape index (κ1) is 9.46. The summed E-state index contributed by atoms with van der Waals surface area (Å²) in [6.07, 6.45) is 1.79. The molecule has 0 amide bonds. The summed E-state index contributed by atoms with van der Waals surface area (Å²) < 4.78 is 0. The number of nitrogens with zero attached hydrogens (tertiary/aromatic N) is 2. The van der Waals surface area contributed by atoms with Crippen LogP contribution in [0.15, 0.2) is 12.3 Å². The van der Waals surface area contributed by atoms with E-state index in [1.807, 2.05) is 13.0 Å². The number of pyridine rings is 1. The summed E-state index contributed by atoms with van der Waals surface area (Å²) in [5.41, 5.74) is 8.93. The lowest BCUT2D eigenvalue weighted by molar-refractivity contribution is 0.103. The molecule has 1 aromatic rings. The average Bonchev–Trinajstić information content (AvgIpc) is 2.10. The normalized spacial score (nSPS) is 18.1. The van der Waals surface area contributed by atoms with E-state index in [9.17, 15) is 0 Å². The van der Waals surface area contributed by atoms with Gasteiger partial charge in [-0.15, -0.1) is 0 Å². The van der Waals surface area contributed by atoms with Gasteiger partial charge in [-0.25, -0.2) is 0 Å². The SMILES string of the molecule is Cc1c(N)ccnc1CN1CC(C)C1. The van der Waals surface area contributed by atoms with Gasteiger partial charge in [0.1, 0.15) is 0 Å². The Balaban J connectivity index is 2.06. The molecular formula is C11H17N3. The molecular weight excluding hydrogens is 174 g/mol. The Morgan fingerprint density at radius 3 is 2.93 bits per heavy atom. The number of hydrogen-bond acceptors (Lipinski definition) is 3. The number of hydrogen-bond donors (Lipinski definition) is 1. The van der Waals surface area contributed by atoms with E-state index < -0.39 is 0 Å². The van der Waals surface area contributed by atoms with Gasteiger partial charge in [-0.05, 0) is 24.5 Å². The first-order valence-electron chi connectivity index (χ1n) is 5.09. The zero-order valence-electron chi connectivity index (χ0n) is 8.83. The van der Waals surface area contributed by atoms with Crippen LogP contribution < -0.4 is 5.73 Å². The van der Waals surface area contributed by atoms with E-state index in [4.69, 9.17) is 5.73 Å². The molecule has 2 N–H and O–H groups in total. The van der Waals surface area contributed by atoms with Crippen LogP contribution in [0.2, 0.25) is 0 Å². The van der Waals surface area contributed by atoms with Crippen molar-refractivity contribution in [3.05, 3.63) is 23.5 Å². The van der Waals surface area contributed by atoms with Crippen LogP contribution in [0.25, 0.3) is 0 Å². The maximum Gasteiger partial charge on any atom is 0.0593 e. The van der Waals surface area contributed by atoms with Crippen LogP contribution in [0, 0.1) is 12.8 Å². The fourth-order valence-corrected chi connectivity index (χ4v) is 1.92. The van der Waals surface area contributed by atoms with Crippen molar-refractivity contribution in [1.29, 1.82) is 0 Å². The van der Waals surface area contributed by atoms with E-state index in [1.165, 1.54) is 13.1 Å². The summed E-state index contributed by atoms with van der Waals surface area (Å²) in [7, 11) is 0. The fraction of sp³-hybridized carbons (Fsp3) is 0.545. The topological polar surface area (TPSA) is 42.1 Å². The molecule has 0 radical (unpaired) electrons. The molecule has 0 aromatic carbocycles. The van der Waals surface area contributed by atoms with E-state index in [-0.39, 0.29) is 0 Å². The molecule has 0 unspecified atom stereocenters. The molecule has 0 bridgehead atoms. The first-order chi connectivity index (χ1) is 6.66. The van der Waals surface area contributed by atoms with Gasteiger partial charge in [-0.3, -0.25) is 9.88 Å². The third-order valence-corrected chi connectivity index (χ3v) is 2.86. The summed E-state index contributed by atoms with van der Waals surface area (Å²) >= 11 is 0. The minimum Gasteiger partial charge on any atom is -0.398 e. The number of rotatable bonds is 2. The summed E-state index contributed by atoms with van der Waals surface area (Å²) in [6, 6.07) is 1.86. The maximum atomic E-state index is 5.82. The van der Waals surface area contributed by atoms with E-state index in [2.05, 4.69) is 16.8 Å². The zero-order valence-corrected chi connectivity index (χ0v) is 8.83. The summed E-state index contributed by atoms with van der Waals surface area (Å²) in [4.78, 5) is 6.77. The van der Waals surface area contributed by atoms with Gasteiger partial charge < -0.3 is 5.73 Å². The Bertz CT molecular complexity index is 329. The van der Waals surface area contributed by atoms with Gasteiger partial charge >= 0.3 is 0 Å². The highest BCUT2D eigenvalue weighted by atomic mass is 15.2. The molecule has 0 aliphatic carbocycles. The molecule has 3 nitrogen and oxygen atoms in total. The molecule has 76 valence electrons. The molecule has 0 saturated carbocycles. The highest BCUT2D eigenvalue weighted by molar-refractivity contribution is 5.46. The Morgan fingerprint density at radius 2 is 2.29 bits per heavy atom. The lowest BCUT2D eigenvalue weighted by atomic mass is 10.0.